The summed E-state index contributed by atoms with van der Waals surface area (Å²) in [5, 5.41) is 2.84. The molecule has 0 radical (unpaired) electrons. The molecule has 2 rings (SSSR count). The second kappa shape index (κ2) is 4.49. The summed E-state index contributed by atoms with van der Waals surface area (Å²) < 4.78 is 51.2. The molecule has 6 heteroatoms. The first-order chi connectivity index (χ1) is 7.88. The summed E-state index contributed by atoms with van der Waals surface area (Å²) in [6.07, 6.45) is -4.52. The third-order valence-electron chi connectivity index (χ3n) is 2.56. The van der Waals surface area contributed by atoms with Crippen molar-refractivity contribution in [1.82, 2.24) is 5.32 Å². The minimum atomic E-state index is -4.52. The van der Waals surface area contributed by atoms with E-state index in [0.717, 1.165) is 6.07 Å². The number of thioether (sulfide) groups is 1. The van der Waals surface area contributed by atoms with Gasteiger partial charge in [0.2, 0.25) is 0 Å². The highest BCUT2D eigenvalue weighted by Crippen LogP contribution is 2.41. The number of alkyl halides is 3. The van der Waals surface area contributed by atoms with Crippen LogP contribution >= 0.6 is 11.8 Å². The van der Waals surface area contributed by atoms with Gasteiger partial charge in [0.25, 0.3) is 0 Å². The molecule has 94 valence electrons. The topological polar surface area (TPSA) is 12.0 Å². The summed E-state index contributed by atoms with van der Waals surface area (Å²) in [5.41, 5.74) is -0.787. The normalized spacial score (nSPS) is 25.2. The Morgan fingerprint density at radius 2 is 2.06 bits per heavy atom. The molecule has 1 aliphatic rings. The summed E-state index contributed by atoms with van der Waals surface area (Å²) in [6, 6.07) is 2.83. The second-order valence-electron chi connectivity index (χ2n) is 3.96. The van der Waals surface area contributed by atoms with Crippen LogP contribution in [0.3, 0.4) is 0 Å². The van der Waals surface area contributed by atoms with E-state index in [1.165, 1.54) is 17.8 Å². The lowest BCUT2D eigenvalue weighted by Crippen LogP contribution is -2.18. The first-order valence-electron chi connectivity index (χ1n) is 5.13. The quantitative estimate of drug-likeness (QED) is 0.779. The molecule has 17 heavy (non-hydrogen) atoms. The molecule has 0 amide bonds. The Bertz CT molecular complexity index is 418. The molecule has 1 fully saturated rings. The number of halogens is 4. The minimum absolute atomic E-state index is 0.105. The average Bonchev–Trinajstić information content (AvgIpc) is 2.63. The molecular formula is C11H11F4NS. The van der Waals surface area contributed by atoms with Crippen LogP contribution in [0.25, 0.3) is 0 Å². The van der Waals surface area contributed by atoms with Crippen molar-refractivity contribution in [1.29, 1.82) is 0 Å². The van der Waals surface area contributed by atoms with Gasteiger partial charge < -0.3 is 5.32 Å². The first kappa shape index (κ1) is 12.7. The van der Waals surface area contributed by atoms with Crippen molar-refractivity contribution in [2.45, 2.75) is 23.7 Å². The van der Waals surface area contributed by atoms with Crippen molar-refractivity contribution in [2.75, 3.05) is 6.54 Å². The van der Waals surface area contributed by atoms with Gasteiger partial charge in [-0.25, -0.2) is 4.39 Å². The SMILES string of the molecule is CC1CNC(c2ccc(F)cc2C(F)(F)F)S1. The molecule has 1 nitrogen and oxygen atoms in total. The molecule has 2 unspecified atom stereocenters. The van der Waals surface area contributed by atoms with Crippen LogP contribution in [0.5, 0.6) is 0 Å². The molecule has 1 aromatic carbocycles. The maximum atomic E-state index is 12.9. The predicted octanol–water partition coefficient (Wildman–Crippen LogP) is 3.57. The maximum Gasteiger partial charge on any atom is 0.416 e. The molecule has 0 aromatic heterocycles. The van der Waals surface area contributed by atoms with Crippen LogP contribution in [-0.2, 0) is 6.18 Å². The molecule has 1 heterocycles. The van der Waals surface area contributed by atoms with E-state index in [9.17, 15) is 17.6 Å². The van der Waals surface area contributed by atoms with Crippen LogP contribution in [-0.4, -0.2) is 11.8 Å². The highest BCUT2D eigenvalue weighted by Gasteiger charge is 2.37. The molecule has 1 aliphatic heterocycles. The third-order valence-corrected chi connectivity index (χ3v) is 3.89. The van der Waals surface area contributed by atoms with E-state index in [-0.39, 0.29) is 10.8 Å². The molecule has 1 saturated heterocycles. The van der Waals surface area contributed by atoms with Crippen molar-refractivity contribution in [3.05, 3.63) is 35.1 Å². The van der Waals surface area contributed by atoms with E-state index in [2.05, 4.69) is 5.32 Å². The Morgan fingerprint density at radius 3 is 2.59 bits per heavy atom. The molecule has 0 saturated carbocycles. The molecule has 1 aromatic rings. The van der Waals surface area contributed by atoms with E-state index < -0.39 is 22.9 Å². The maximum absolute atomic E-state index is 12.9. The molecule has 2 atom stereocenters. The second-order valence-corrected chi connectivity index (χ2v) is 5.51. The number of hydrogen-bond donors (Lipinski definition) is 1. The van der Waals surface area contributed by atoms with Gasteiger partial charge in [-0.15, -0.1) is 11.8 Å². The average molecular weight is 265 g/mol. The van der Waals surface area contributed by atoms with Crippen molar-refractivity contribution in [3.8, 4) is 0 Å². The van der Waals surface area contributed by atoms with Gasteiger partial charge >= 0.3 is 6.18 Å². The van der Waals surface area contributed by atoms with Gasteiger partial charge in [-0.2, -0.15) is 13.2 Å². The van der Waals surface area contributed by atoms with Crippen LogP contribution in [0.2, 0.25) is 0 Å². The monoisotopic (exact) mass is 265 g/mol. The minimum Gasteiger partial charge on any atom is -0.301 e. The first-order valence-corrected chi connectivity index (χ1v) is 6.07. The van der Waals surface area contributed by atoms with E-state index >= 15 is 0 Å². The van der Waals surface area contributed by atoms with Crippen LogP contribution in [0.15, 0.2) is 18.2 Å². The fourth-order valence-corrected chi connectivity index (χ4v) is 2.99. The lowest BCUT2D eigenvalue weighted by molar-refractivity contribution is -0.138. The Hall–Kier alpha value is -0.750. The molecule has 0 aliphatic carbocycles. The molecule has 1 N–H and O–H groups in total. The third kappa shape index (κ3) is 2.74. The predicted molar refractivity (Wildman–Crippen MR) is 59.2 cm³/mol. The summed E-state index contributed by atoms with van der Waals surface area (Å²) in [7, 11) is 0. The lowest BCUT2D eigenvalue weighted by atomic mass is 10.1. The Morgan fingerprint density at radius 1 is 1.35 bits per heavy atom. The lowest BCUT2D eigenvalue weighted by Gasteiger charge is -2.17. The van der Waals surface area contributed by atoms with Crippen LogP contribution < -0.4 is 5.32 Å². The van der Waals surface area contributed by atoms with Crippen LogP contribution in [0.1, 0.15) is 23.4 Å². The van der Waals surface area contributed by atoms with E-state index in [1.807, 2.05) is 6.92 Å². The van der Waals surface area contributed by atoms with Gasteiger partial charge in [-0.1, -0.05) is 13.0 Å². The summed E-state index contributed by atoms with van der Waals surface area (Å²) in [4.78, 5) is 0. The Balaban J connectivity index is 2.39. The Kier molecular flexibility index (Phi) is 3.36. The van der Waals surface area contributed by atoms with Crippen molar-refractivity contribution >= 4 is 11.8 Å². The standard InChI is InChI=1S/C11H11F4NS/c1-6-5-16-10(17-6)8-3-2-7(12)4-9(8)11(13,14)15/h2-4,6,10,16H,5H2,1H3. The fraction of sp³-hybridized carbons (Fsp3) is 0.455. The van der Waals surface area contributed by atoms with Crippen LogP contribution in [0, 0.1) is 5.82 Å². The van der Waals surface area contributed by atoms with Gasteiger partial charge in [0, 0.05) is 11.8 Å². The number of benzene rings is 1. The van der Waals surface area contributed by atoms with Gasteiger partial charge in [0.1, 0.15) is 5.82 Å². The molecule has 0 spiro atoms. The summed E-state index contributed by atoms with van der Waals surface area (Å²) in [5.74, 6) is -0.864. The van der Waals surface area contributed by atoms with Gasteiger partial charge in [-0.3, -0.25) is 0 Å². The number of nitrogens with one attached hydrogen (secondary N) is 1. The van der Waals surface area contributed by atoms with Gasteiger partial charge in [-0.05, 0) is 17.7 Å². The Labute approximate surface area is 101 Å². The molecule has 0 bridgehead atoms. The number of hydrogen-bond acceptors (Lipinski definition) is 2. The zero-order valence-electron chi connectivity index (χ0n) is 9.01. The van der Waals surface area contributed by atoms with Crippen molar-refractivity contribution < 1.29 is 17.6 Å². The van der Waals surface area contributed by atoms with E-state index in [0.29, 0.717) is 12.6 Å². The molecular weight excluding hydrogens is 254 g/mol. The largest absolute Gasteiger partial charge is 0.416 e. The fourth-order valence-electron chi connectivity index (χ4n) is 1.79. The van der Waals surface area contributed by atoms with Crippen molar-refractivity contribution in [2.24, 2.45) is 0 Å². The summed E-state index contributed by atoms with van der Waals surface area (Å²) in [6.45, 7) is 2.60. The van der Waals surface area contributed by atoms with E-state index in [4.69, 9.17) is 0 Å². The van der Waals surface area contributed by atoms with Gasteiger partial charge in [0.05, 0.1) is 10.9 Å². The van der Waals surface area contributed by atoms with Crippen LogP contribution in [0.4, 0.5) is 17.6 Å². The smallest absolute Gasteiger partial charge is 0.301 e. The van der Waals surface area contributed by atoms with Crippen molar-refractivity contribution in [3.63, 3.8) is 0 Å². The highest BCUT2D eigenvalue weighted by molar-refractivity contribution is 8.00. The zero-order chi connectivity index (χ0) is 12.6. The van der Waals surface area contributed by atoms with Gasteiger partial charge in [0.15, 0.2) is 0 Å². The van der Waals surface area contributed by atoms with E-state index in [1.54, 1.807) is 0 Å². The zero-order valence-corrected chi connectivity index (χ0v) is 9.83. The number of rotatable bonds is 1. The summed E-state index contributed by atoms with van der Waals surface area (Å²) >= 11 is 1.42. The highest BCUT2D eigenvalue weighted by atomic mass is 32.2.